The molecule has 1 aliphatic rings. The number of carbonyl (C=O) groups is 2. The molecule has 0 radical (unpaired) electrons. The highest BCUT2D eigenvalue weighted by molar-refractivity contribution is 7.89. The van der Waals surface area contributed by atoms with Gasteiger partial charge in [-0.3, -0.25) is 14.5 Å². The highest BCUT2D eigenvalue weighted by atomic mass is 32.2. The largest absolute Gasteiger partial charge is 0.351 e. The maximum Gasteiger partial charge on any atom is 0.249 e. The average molecular weight is 581 g/mol. The first-order valence-corrected chi connectivity index (χ1v) is 15.5. The molecule has 1 saturated carbocycles. The van der Waals surface area contributed by atoms with Crippen LogP contribution in [0.1, 0.15) is 43.0 Å². The fourth-order valence-electron chi connectivity index (χ4n) is 5.01. The quantitative estimate of drug-likeness (QED) is 0.320. The Morgan fingerprint density at radius 3 is 2.42 bits per heavy atom. The number of hydrogen-bond donors (Lipinski definition) is 1. The number of amides is 2. The summed E-state index contributed by atoms with van der Waals surface area (Å²) in [5, 5.41) is 13.4. The first-order chi connectivity index (χ1) is 19.3. The summed E-state index contributed by atoms with van der Waals surface area (Å²) in [5.74, 6) is -0.646. The molecule has 12 heteroatoms. The van der Waals surface area contributed by atoms with Gasteiger partial charge in [-0.05, 0) is 60.7 Å². The van der Waals surface area contributed by atoms with Crippen molar-refractivity contribution in [3.05, 3.63) is 70.9 Å². The van der Waals surface area contributed by atoms with Gasteiger partial charge in [0.05, 0.1) is 10.4 Å². The molecule has 4 aromatic rings. The maximum absolute atomic E-state index is 14.1. The van der Waals surface area contributed by atoms with Gasteiger partial charge >= 0.3 is 0 Å². The Bertz CT molecular complexity index is 1580. The van der Waals surface area contributed by atoms with Crippen LogP contribution in [0.2, 0.25) is 0 Å². The zero-order valence-corrected chi connectivity index (χ0v) is 24.1. The Morgan fingerprint density at radius 1 is 1.02 bits per heavy atom. The summed E-state index contributed by atoms with van der Waals surface area (Å²) in [6.07, 6.45) is 5.06. The average Bonchev–Trinajstić information content (AvgIpc) is 3.63. The Morgan fingerprint density at radius 2 is 1.75 bits per heavy atom. The summed E-state index contributed by atoms with van der Waals surface area (Å²) in [7, 11) is -0.749. The van der Waals surface area contributed by atoms with E-state index in [2.05, 4.69) is 15.6 Å². The van der Waals surface area contributed by atoms with Gasteiger partial charge in [0, 0.05) is 30.7 Å². The summed E-state index contributed by atoms with van der Waals surface area (Å²) in [6.45, 7) is -0.156. The molecule has 1 fully saturated rings. The van der Waals surface area contributed by atoms with Crippen molar-refractivity contribution in [3.8, 4) is 0 Å². The smallest absolute Gasteiger partial charge is 0.249 e. The van der Waals surface area contributed by atoms with Gasteiger partial charge in [-0.15, -0.1) is 16.4 Å². The van der Waals surface area contributed by atoms with Crippen LogP contribution < -0.4 is 10.2 Å². The molecule has 10 nitrogen and oxygen atoms in total. The first kappa shape index (κ1) is 27.9. The maximum atomic E-state index is 14.1. The molecule has 2 aromatic carbocycles. The first-order valence-electron chi connectivity index (χ1n) is 13.2. The topological polar surface area (TPSA) is 118 Å². The summed E-state index contributed by atoms with van der Waals surface area (Å²) in [4.78, 5) is 30.3. The second kappa shape index (κ2) is 11.9. The number of benzene rings is 2. The van der Waals surface area contributed by atoms with Crippen molar-refractivity contribution in [2.75, 3.05) is 19.0 Å². The van der Waals surface area contributed by atoms with Gasteiger partial charge in [-0.25, -0.2) is 17.4 Å². The van der Waals surface area contributed by atoms with Gasteiger partial charge < -0.3 is 5.32 Å². The molecule has 0 bridgehead atoms. The van der Waals surface area contributed by atoms with Crippen LogP contribution in [-0.4, -0.2) is 59.7 Å². The molecule has 5 rings (SSSR count). The zero-order chi connectivity index (χ0) is 28.3. The van der Waals surface area contributed by atoms with Crippen molar-refractivity contribution in [2.24, 2.45) is 0 Å². The van der Waals surface area contributed by atoms with Crippen molar-refractivity contribution in [1.29, 1.82) is 0 Å². The molecule has 1 N–H and O–H groups in total. The Kier molecular flexibility index (Phi) is 8.29. The molecule has 0 spiro atoms. The Labute approximate surface area is 237 Å². The van der Waals surface area contributed by atoms with Crippen molar-refractivity contribution in [3.63, 3.8) is 0 Å². The molecule has 1 aliphatic carbocycles. The van der Waals surface area contributed by atoms with E-state index in [1.807, 2.05) is 41.8 Å². The van der Waals surface area contributed by atoms with E-state index >= 15 is 0 Å². The molecule has 2 heterocycles. The fraction of sp³-hybridized carbons (Fsp3) is 0.357. The SMILES string of the molecule is CN(C)S(=O)(=O)c1ccc(N(C(=O)Cn2nnc3ccccc32)C(C(=O)NC2CCCCC2)c2cccs2)cc1. The highest BCUT2D eigenvalue weighted by Gasteiger charge is 2.35. The predicted molar refractivity (Wildman–Crippen MR) is 154 cm³/mol. The minimum absolute atomic E-state index is 0.0486. The second-order valence-corrected chi connectivity index (χ2v) is 13.2. The van der Waals surface area contributed by atoms with E-state index in [4.69, 9.17) is 0 Å². The van der Waals surface area contributed by atoms with E-state index in [9.17, 15) is 18.0 Å². The fourth-order valence-corrected chi connectivity index (χ4v) is 6.73. The van der Waals surface area contributed by atoms with Gasteiger partial charge in [0.1, 0.15) is 18.1 Å². The van der Waals surface area contributed by atoms with Crippen LogP contribution in [0.3, 0.4) is 0 Å². The van der Waals surface area contributed by atoms with E-state index in [0.717, 1.165) is 36.4 Å². The predicted octanol–water partition coefficient (Wildman–Crippen LogP) is 3.97. The van der Waals surface area contributed by atoms with E-state index < -0.39 is 16.1 Å². The lowest BCUT2D eigenvalue weighted by Crippen LogP contribution is -2.48. The van der Waals surface area contributed by atoms with Gasteiger partial charge in [0.25, 0.3) is 0 Å². The van der Waals surface area contributed by atoms with E-state index in [1.165, 1.54) is 47.1 Å². The van der Waals surface area contributed by atoms with E-state index in [1.54, 1.807) is 12.1 Å². The van der Waals surface area contributed by atoms with Crippen LogP contribution in [0.15, 0.2) is 70.9 Å². The van der Waals surface area contributed by atoms with Crippen molar-refractivity contribution in [2.45, 2.75) is 55.6 Å². The van der Waals surface area contributed by atoms with Gasteiger partial charge in [-0.1, -0.05) is 42.7 Å². The molecule has 1 atom stereocenters. The van der Waals surface area contributed by atoms with Crippen LogP contribution in [-0.2, 0) is 26.2 Å². The third-order valence-electron chi connectivity index (χ3n) is 7.14. The molecule has 2 amide bonds. The number of anilines is 1. The number of nitrogens with zero attached hydrogens (tertiary/aromatic N) is 5. The number of rotatable bonds is 9. The lowest BCUT2D eigenvalue weighted by molar-refractivity contribution is -0.127. The molecular formula is C28H32N6O4S2. The Hall–Kier alpha value is -3.61. The van der Waals surface area contributed by atoms with Gasteiger partial charge in [0.15, 0.2) is 0 Å². The number of carbonyl (C=O) groups excluding carboxylic acids is 2. The summed E-state index contributed by atoms with van der Waals surface area (Å²) >= 11 is 1.39. The molecule has 1 unspecified atom stereocenters. The minimum Gasteiger partial charge on any atom is -0.351 e. The number of hydrogen-bond acceptors (Lipinski definition) is 7. The molecule has 0 aliphatic heterocycles. The van der Waals surface area contributed by atoms with Crippen molar-refractivity contribution in [1.82, 2.24) is 24.6 Å². The minimum atomic E-state index is -3.67. The van der Waals surface area contributed by atoms with Crippen LogP contribution in [0, 0.1) is 0 Å². The van der Waals surface area contributed by atoms with Gasteiger partial charge in [-0.2, -0.15) is 0 Å². The molecule has 2 aromatic heterocycles. The highest BCUT2D eigenvalue weighted by Crippen LogP contribution is 2.33. The molecular weight excluding hydrogens is 548 g/mol. The normalized spacial score (nSPS) is 15.3. The molecule has 210 valence electrons. The molecule has 40 heavy (non-hydrogen) atoms. The van der Waals surface area contributed by atoms with Crippen molar-refractivity contribution >= 4 is 49.9 Å². The number of sulfonamides is 1. The van der Waals surface area contributed by atoms with Crippen LogP contribution >= 0.6 is 11.3 Å². The number of aromatic nitrogens is 3. The number of thiophene rings is 1. The summed E-state index contributed by atoms with van der Waals surface area (Å²) in [6, 6.07) is 16.2. The third kappa shape index (κ3) is 5.79. The zero-order valence-electron chi connectivity index (χ0n) is 22.4. The third-order valence-corrected chi connectivity index (χ3v) is 9.89. The second-order valence-electron chi connectivity index (χ2n) is 10.0. The van der Waals surface area contributed by atoms with Crippen LogP contribution in [0.4, 0.5) is 5.69 Å². The molecule has 0 saturated heterocycles. The monoisotopic (exact) mass is 580 g/mol. The van der Waals surface area contributed by atoms with Gasteiger partial charge in [0.2, 0.25) is 21.8 Å². The lowest BCUT2D eigenvalue weighted by Gasteiger charge is -2.33. The lowest BCUT2D eigenvalue weighted by atomic mass is 9.95. The van der Waals surface area contributed by atoms with Crippen molar-refractivity contribution < 1.29 is 18.0 Å². The number of para-hydroxylation sites is 1. The Balaban J connectivity index is 1.55. The van der Waals surface area contributed by atoms with Crippen LogP contribution in [0.5, 0.6) is 0 Å². The number of fused-ring (bicyclic) bond motifs is 1. The van der Waals surface area contributed by atoms with E-state index in [0.29, 0.717) is 21.6 Å². The summed E-state index contributed by atoms with van der Waals surface area (Å²) in [5.41, 5.74) is 1.76. The number of nitrogens with one attached hydrogen (secondary N) is 1. The summed E-state index contributed by atoms with van der Waals surface area (Å²) < 4.78 is 28.0. The van der Waals surface area contributed by atoms with E-state index in [-0.39, 0.29) is 29.3 Å². The standard InChI is InChI=1S/C28H32N6O4S2/c1-32(2)40(37,38)22-16-14-21(15-17-22)34(26(35)19-33-24-12-7-6-11-23(24)30-31-33)27(25-13-8-18-39-25)28(36)29-20-9-4-3-5-10-20/h6-8,11-18,20,27H,3-5,9-10,19H2,1-2H3,(H,29,36). The van der Waals surface area contributed by atoms with Crippen LogP contribution in [0.25, 0.3) is 11.0 Å².